The van der Waals surface area contributed by atoms with Crippen LogP contribution >= 0.6 is 0 Å². The Hall–Kier alpha value is -3.20. The number of ether oxygens (including phenoxy) is 2. The number of methoxy groups -OCH3 is 2. The molecule has 0 aliphatic carbocycles. The molecule has 9 heteroatoms. The largest absolute Gasteiger partial charge is 0.496 e. The predicted octanol–water partition coefficient (Wildman–Crippen LogP) is 2.44. The summed E-state index contributed by atoms with van der Waals surface area (Å²) in [5, 5.41) is 21.3. The van der Waals surface area contributed by atoms with Gasteiger partial charge >= 0.3 is 0 Å². The Balaban J connectivity index is 1.97. The maximum Gasteiger partial charge on any atom is 0.272 e. The number of hydrogen-bond donors (Lipinski definition) is 1. The summed E-state index contributed by atoms with van der Waals surface area (Å²) in [6.07, 6.45) is -1.05. The van der Waals surface area contributed by atoms with Crippen LogP contribution in [-0.4, -0.2) is 41.6 Å². The lowest BCUT2D eigenvalue weighted by Crippen LogP contribution is -2.39. The van der Waals surface area contributed by atoms with E-state index in [1.807, 2.05) is 0 Å². The number of hydrogen-bond acceptors (Lipinski definition) is 6. The van der Waals surface area contributed by atoms with Crippen LogP contribution in [0.1, 0.15) is 27.6 Å². The van der Waals surface area contributed by atoms with Crippen LogP contribution in [0.25, 0.3) is 0 Å². The number of carbonyl (C=O) groups is 1. The zero-order chi connectivity index (χ0) is 19.7. The fraction of sp³-hybridized carbons (Fsp3) is 0.278. The second kappa shape index (κ2) is 7.20. The molecule has 27 heavy (non-hydrogen) atoms. The molecule has 0 saturated carbocycles. The molecule has 1 atom stereocenters. The van der Waals surface area contributed by atoms with Crippen molar-refractivity contribution in [2.75, 3.05) is 20.8 Å². The van der Waals surface area contributed by atoms with Crippen LogP contribution in [0.3, 0.4) is 0 Å². The normalized spacial score (nSPS) is 15.9. The maximum absolute atomic E-state index is 14.2. The van der Waals surface area contributed by atoms with Crippen LogP contribution in [0, 0.1) is 15.9 Å². The molecule has 0 unspecified atom stereocenters. The summed E-state index contributed by atoms with van der Waals surface area (Å²) in [6.45, 7) is -0.00613. The summed E-state index contributed by atoms with van der Waals surface area (Å²) < 4.78 is 24.8. The van der Waals surface area contributed by atoms with Gasteiger partial charge in [-0.15, -0.1) is 0 Å². The molecular formula is C18H17FN2O6. The molecule has 3 rings (SSSR count). The molecule has 0 spiro atoms. The number of non-ortho nitro benzene ring substituents is 1. The fourth-order valence-electron chi connectivity index (χ4n) is 3.19. The molecule has 142 valence electrons. The molecule has 1 aliphatic heterocycles. The molecule has 0 fully saturated rings. The molecule has 0 bridgehead atoms. The highest BCUT2D eigenvalue weighted by atomic mass is 19.1. The number of fused-ring (bicyclic) bond motifs is 1. The van der Waals surface area contributed by atoms with Gasteiger partial charge in [0, 0.05) is 17.2 Å². The standard InChI is InChI=1S/C18H17FN2O6/c1-26-15-5-6-16(27-2)17-12(15)8-20(9-14(17)22)18(23)11-4-3-10(21(24)25)7-13(11)19/h3-7,14,22H,8-9H2,1-2H3/t14-/m1/s1. The molecule has 8 nitrogen and oxygen atoms in total. The predicted molar refractivity (Wildman–Crippen MR) is 92.3 cm³/mol. The number of nitrogens with zero attached hydrogens (tertiary/aromatic N) is 2. The molecule has 0 saturated heterocycles. The van der Waals surface area contributed by atoms with Crippen molar-refractivity contribution in [3.63, 3.8) is 0 Å². The van der Waals surface area contributed by atoms with Crippen molar-refractivity contribution < 1.29 is 28.7 Å². The minimum absolute atomic E-state index is 0.0715. The van der Waals surface area contributed by atoms with Crippen molar-refractivity contribution in [3.8, 4) is 11.5 Å². The summed E-state index contributed by atoms with van der Waals surface area (Å²) in [4.78, 5) is 24.0. The Bertz CT molecular complexity index is 917. The van der Waals surface area contributed by atoms with E-state index in [2.05, 4.69) is 0 Å². The highest BCUT2D eigenvalue weighted by Crippen LogP contribution is 2.39. The second-order valence-corrected chi connectivity index (χ2v) is 5.99. The minimum Gasteiger partial charge on any atom is -0.496 e. The van der Waals surface area contributed by atoms with Crippen LogP contribution < -0.4 is 9.47 Å². The SMILES string of the molecule is COc1ccc(OC)c2c1CN(C(=O)c1ccc([N+](=O)[O-])cc1F)C[C@H]2O. The fourth-order valence-corrected chi connectivity index (χ4v) is 3.19. The van der Waals surface area contributed by atoms with E-state index in [9.17, 15) is 24.4 Å². The molecular weight excluding hydrogens is 359 g/mol. The zero-order valence-corrected chi connectivity index (χ0v) is 14.6. The molecule has 2 aromatic carbocycles. The first-order valence-corrected chi connectivity index (χ1v) is 8.02. The molecule has 0 aromatic heterocycles. The van der Waals surface area contributed by atoms with Crippen molar-refractivity contribution >= 4 is 11.6 Å². The van der Waals surface area contributed by atoms with Crippen molar-refractivity contribution in [3.05, 3.63) is 63.0 Å². The van der Waals surface area contributed by atoms with Crippen molar-refractivity contribution in [1.82, 2.24) is 4.90 Å². The monoisotopic (exact) mass is 376 g/mol. The highest BCUT2D eigenvalue weighted by Gasteiger charge is 2.33. The third-order valence-electron chi connectivity index (χ3n) is 4.47. The number of carbonyl (C=O) groups excluding carboxylic acids is 1. The lowest BCUT2D eigenvalue weighted by molar-refractivity contribution is -0.385. The van der Waals surface area contributed by atoms with Gasteiger partial charge in [0.25, 0.3) is 11.6 Å². The van der Waals surface area contributed by atoms with Gasteiger partial charge in [-0.2, -0.15) is 0 Å². The minimum atomic E-state index is -1.05. The first-order valence-electron chi connectivity index (χ1n) is 8.02. The van der Waals surface area contributed by atoms with Crippen molar-refractivity contribution in [2.24, 2.45) is 0 Å². The molecule has 1 N–H and O–H groups in total. The van der Waals surface area contributed by atoms with Gasteiger partial charge in [0.2, 0.25) is 0 Å². The number of aliphatic hydroxyl groups is 1. The third-order valence-corrected chi connectivity index (χ3v) is 4.47. The van der Waals surface area contributed by atoms with Gasteiger partial charge in [-0.3, -0.25) is 14.9 Å². The first-order chi connectivity index (χ1) is 12.9. The molecule has 1 aliphatic rings. The van der Waals surface area contributed by atoms with E-state index in [1.165, 1.54) is 19.1 Å². The Morgan fingerprint density at radius 1 is 1.26 bits per heavy atom. The third kappa shape index (κ3) is 3.28. The van der Waals surface area contributed by atoms with E-state index in [-0.39, 0.29) is 18.7 Å². The molecule has 1 amide bonds. The van der Waals surface area contributed by atoms with Gasteiger partial charge in [-0.1, -0.05) is 0 Å². The highest BCUT2D eigenvalue weighted by molar-refractivity contribution is 5.95. The van der Waals surface area contributed by atoms with Crippen LogP contribution in [0.2, 0.25) is 0 Å². The van der Waals surface area contributed by atoms with Crippen LogP contribution in [-0.2, 0) is 6.54 Å². The Kier molecular flexibility index (Phi) is 4.95. The molecule has 0 radical (unpaired) electrons. The Labute approximate surface area is 153 Å². The quantitative estimate of drug-likeness (QED) is 0.650. The number of halogens is 1. The maximum atomic E-state index is 14.2. The van der Waals surface area contributed by atoms with Gasteiger partial charge in [0.15, 0.2) is 0 Å². The first kappa shape index (κ1) is 18.6. The van der Waals surface area contributed by atoms with Crippen LogP contribution in [0.5, 0.6) is 11.5 Å². The second-order valence-electron chi connectivity index (χ2n) is 5.99. The number of amides is 1. The van der Waals surface area contributed by atoms with Gasteiger partial charge in [-0.25, -0.2) is 4.39 Å². The summed E-state index contributed by atoms with van der Waals surface area (Å²) in [5.41, 5.74) is 0.328. The number of β-amino-alcohol motifs (C(OH)–C–C–N with tert-alkyl or cyclic N) is 1. The van der Waals surface area contributed by atoms with Gasteiger partial charge in [0.05, 0.1) is 43.9 Å². The van der Waals surface area contributed by atoms with Gasteiger partial charge < -0.3 is 19.5 Å². The number of nitro benzene ring substituents is 1. The molecule has 2 aromatic rings. The Morgan fingerprint density at radius 2 is 1.93 bits per heavy atom. The average Bonchev–Trinajstić information content (AvgIpc) is 2.66. The number of benzene rings is 2. The zero-order valence-electron chi connectivity index (χ0n) is 14.6. The van der Waals surface area contributed by atoms with E-state index in [4.69, 9.17) is 9.47 Å². The smallest absolute Gasteiger partial charge is 0.272 e. The van der Waals surface area contributed by atoms with E-state index >= 15 is 0 Å². The summed E-state index contributed by atoms with van der Waals surface area (Å²) >= 11 is 0. The number of aliphatic hydroxyl groups excluding tert-OH is 1. The average molecular weight is 376 g/mol. The van der Waals surface area contributed by atoms with E-state index in [0.717, 1.165) is 12.1 Å². The topological polar surface area (TPSA) is 102 Å². The summed E-state index contributed by atoms with van der Waals surface area (Å²) in [5.74, 6) is -0.748. The van der Waals surface area contributed by atoms with E-state index in [1.54, 1.807) is 12.1 Å². The van der Waals surface area contributed by atoms with Gasteiger partial charge in [-0.05, 0) is 18.2 Å². The van der Waals surface area contributed by atoms with E-state index in [0.29, 0.717) is 28.7 Å². The van der Waals surface area contributed by atoms with Crippen LogP contribution in [0.4, 0.5) is 10.1 Å². The summed E-state index contributed by atoms with van der Waals surface area (Å²) in [6, 6.07) is 6.15. The Morgan fingerprint density at radius 3 is 2.52 bits per heavy atom. The lowest BCUT2D eigenvalue weighted by Gasteiger charge is -2.34. The molecule has 1 heterocycles. The van der Waals surface area contributed by atoms with E-state index < -0.39 is 28.4 Å². The van der Waals surface area contributed by atoms with Crippen molar-refractivity contribution in [1.29, 1.82) is 0 Å². The number of nitro groups is 1. The van der Waals surface area contributed by atoms with Gasteiger partial charge in [0.1, 0.15) is 23.4 Å². The van der Waals surface area contributed by atoms with Crippen LogP contribution in [0.15, 0.2) is 30.3 Å². The lowest BCUT2D eigenvalue weighted by atomic mass is 9.94. The number of rotatable bonds is 4. The summed E-state index contributed by atoms with van der Waals surface area (Å²) in [7, 11) is 2.93. The van der Waals surface area contributed by atoms with Crippen molar-refractivity contribution in [2.45, 2.75) is 12.6 Å².